The normalized spacial score (nSPS) is 13.3. The lowest BCUT2D eigenvalue weighted by Gasteiger charge is -2.16. The fourth-order valence-electron chi connectivity index (χ4n) is 2.25. The van der Waals surface area contributed by atoms with Gasteiger partial charge in [-0.15, -0.1) is 0 Å². The number of ketones is 1. The van der Waals surface area contributed by atoms with Crippen LogP contribution in [-0.4, -0.2) is 31.3 Å². The van der Waals surface area contributed by atoms with Crippen molar-refractivity contribution in [2.24, 2.45) is 5.84 Å². The van der Waals surface area contributed by atoms with Crippen molar-refractivity contribution in [3.05, 3.63) is 23.8 Å². The zero-order valence-corrected chi connectivity index (χ0v) is 11.7. The van der Waals surface area contributed by atoms with Crippen LogP contribution >= 0.6 is 0 Å². The monoisotopic (exact) mass is 291 g/mol. The first kappa shape index (κ1) is 15.0. The molecule has 0 bridgehead atoms. The molecule has 112 valence electrons. The topological polar surface area (TPSA) is 102 Å². The fraction of sp³-hybridized carbons (Fsp3) is 0.357. The van der Waals surface area contributed by atoms with Gasteiger partial charge in [-0.25, -0.2) is 5.84 Å². The van der Waals surface area contributed by atoms with Gasteiger partial charge in [-0.2, -0.15) is 0 Å². The molecule has 0 spiro atoms. The summed E-state index contributed by atoms with van der Waals surface area (Å²) in [6, 6.07) is 4.92. The van der Waals surface area contributed by atoms with Gasteiger partial charge in [0.05, 0.1) is 18.4 Å². The smallest absolute Gasteiger partial charge is 0.299 e. The maximum Gasteiger partial charge on any atom is 0.299 e. The molecule has 7 nitrogen and oxygen atoms in total. The summed E-state index contributed by atoms with van der Waals surface area (Å²) in [5.41, 5.74) is 3.00. The molecule has 7 heteroatoms. The summed E-state index contributed by atoms with van der Waals surface area (Å²) in [7, 11) is 1.52. The van der Waals surface area contributed by atoms with E-state index in [1.807, 2.05) is 5.43 Å². The number of hydrazine groups is 1. The van der Waals surface area contributed by atoms with Crippen LogP contribution in [0.4, 0.5) is 5.69 Å². The number of unbranched alkanes of at least 4 members (excludes halogenated alkanes) is 1. The number of hydrogen-bond donors (Lipinski definition) is 2. The van der Waals surface area contributed by atoms with E-state index in [2.05, 4.69) is 0 Å². The predicted octanol–water partition coefficient (Wildman–Crippen LogP) is 0.385. The molecule has 1 aromatic carbocycles. The molecule has 1 heterocycles. The largest absolute Gasteiger partial charge is 0.497 e. The van der Waals surface area contributed by atoms with E-state index in [1.54, 1.807) is 18.2 Å². The third-order valence-electron chi connectivity index (χ3n) is 3.38. The van der Waals surface area contributed by atoms with Crippen molar-refractivity contribution in [3.63, 3.8) is 0 Å². The molecule has 3 N–H and O–H groups in total. The van der Waals surface area contributed by atoms with E-state index in [4.69, 9.17) is 10.6 Å². The van der Waals surface area contributed by atoms with Gasteiger partial charge in [-0.3, -0.25) is 19.8 Å². The second-order valence-corrected chi connectivity index (χ2v) is 4.69. The van der Waals surface area contributed by atoms with Crippen molar-refractivity contribution < 1.29 is 19.1 Å². The second kappa shape index (κ2) is 6.36. The third kappa shape index (κ3) is 3.03. The highest BCUT2D eigenvalue weighted by Crippen LogP contribution is 2.32. The summed E-state index contributed by atoms with van der Waals surface area (Å²) in [4.78, 5) is 36.3. The van der Waals surface area contributed by atoms with Crippen LogP contribution in [0.15, 0.2) is 18.2 Å². The molecule has 2 rings (SSSR count). The maximum atomic E-state index is 12.0. The average molecular weight is 291 g/mol. The average Bonchev–Trinajstić information content (AvgIpc) is 2.75. The summed E-state index contributed by atoms with van der Waals surface area (Å²) in [6.07, 6.45) is 1.47. The Morgan fingerprint density at radius 2 is 2.10 bits per heavy atom. The highest BCUT2D eigenvalue weighted by molar-refractivity contribution is 6.52. The summed E-state index contributed by atoms with van der Waals surface area (Å²) in [5.74, 6) is 4.28. The van der Waals surface area contributed by atoms with Crippen LogP contribution in [0.5, 0.6) is 5.75 Å². The molecule has 21 heavy (non-hydrogen) atoms. The second-order valence-electron chi connectivity index (χ2n) is 4.69. The molecule has 1 aliphatic rings. The zero-order chi connectivity index (χ0) is 15.4. The number of amides is 2. The van der Waals surface area contributed by atoms with Crippen LogP contribution in [-0.2, 0) is 9.59 Å². The summed E-state index contributed by atoms with van der Waals surface area (Å²) >= 11 is 0. The molecule has 1 aromatic rings. The molecular formula is C14H17N3O4. The van der Waals surface area contributed by atoms with Crippen LogP contribution in [0.2, 0.25) is 0 Å². The van der Waals surface area contributed by atoms with Crippen molar-refractivity contribution in [1.82, 2.24) is 5.43 Å². The first-order chi connectivity index (χ1) is 10.1. The molecular weight excluding hydrogens is 274 g/mol. The van der Waals surface area contributed by atoms with Gasteiger partial charge in [0.1, 0.15) is 5.75 Å². The number of hydrogen-bond acceptors (Lipinski definition) is 5. The van der Waals surface area contributed by atoms with Gasteiger partial charge in [0.25, 0.3) is 11.7 Å². The molecule has 0 radical (unpaired) electrons. The SMILES string of the molecule is COc1ccc2c(c1)N(CCCCC(=O)NN)C(=O)C2=O. The minimum Gasteiger partial charge on any atom is -0.497 e. The van der Waals surface area contributed by atoms with Crippen LogP contribution in [0.3, 0.4) is 0 Å². The van der Waals surface area contributed by atoms with E-state index >= 15 is 0 Å². The van der Waals surface area contributed by atoms with Gasteiger partial charge in [-0.1, -0.05) is 0 Å². The minimum atomic E-state index is -0.540. The number of nitrogens with one attached hydrogen (secondary N) is 1. The molecule has 0 saturated carbocycles. The quantitative estimate of drug-likeness (QED) is 0.259. The van der Waals surface area contributed by atoms with Gasteiger partial charge in [0.15, 0.2) is 0 Å². The lowest BCUT2D eigenvalue weighted by molar-refractivity contribution is -0.121. The third-order valence-corrected chi connectivity index (χ3v) is 3.38. The van der Waals surface area contributed by atoms with Gasteiger partial charge < -0.3 is 9.64 Å². The minimum absolute atomic E-state index is 0.249. The Balaban J connectivity index is 2.05. The molecule has 0 aromatic heterocycles. The molecule has 0 fully saturated rings. The van der Waals surface area contributed by atoms with E-state index < -0.39 is 11.7 Å². The molecule has 1 aliphatic heterocycles. The fourth-order valence-corrected chi connectivity index (χ4v) is 2.25. The Morgan fingerprint density at radius 3 is 2.76 bits per heavy atom. The van der Waals surface area contributed by atoms with E-state index in [0.29, 0.717) is 36.4 Å². The number of anilines is 1. The summed E-state index contributed by atoms with van der Waals surface area (Å²) in [6.45, 7) is 0.378. The first-order valence-corrected chi connectivity index (χ1v) is 6.62. The van der Waals surface area contributed by atoms with Crippen LogP contribution < -0.4 is 20.9 Å². The Kier molecular flexibility index (Phi) is 4.54. The number of nitrogens with zero attached hydrogens (tertiary/aromatic N) is 1. The number of carbonyl (C=O) groups is 3. The molecule has 0 unspecified atom stereocenters. The summed E-state index contributed by atoms with van der Waals surface area (Å²) < 4.78 is 5.11. The predicted molar refractivity (Wildman–Crippen MR) is 75.9 cm³/mol. The Labute approximate surface area is 122 Å². The van der Waals surface area contributed by atoms with Gasteiger partial charge in [0.2, 0.25) is 5.91 Å². The van der Waals surface area contributed by atoms with Crippen molar-refractivity contribution in [3.8, 4) is 5.75 Å². The Morgan fingerprint density at radius 1 is 1.33 bits per heavy atom. The molecule has 0 aliphatic carbocycles. The lowest BCUT2D eigenvalue weighted by atomic mass is 10.1. The van der Waals surface area contributed by atoms with Crippen molar-refractivity contribution in [2.45, 2.75) is 19.3 Å². The van der Waals surface area contributed by atoms with Crippen molar-refractivity contribution in [2.75, 3.05) is 18.6 Å². The standard InChI is InChI=1S/C14H17N3O4/c1-21-9-5-6-10-11(8-9)17(14(20)13(10)19)7-3-2-4-12(18)16-15/h5-6,8H,2-4,7,15H2,1H3,(H,16,18). The van der Waals surface area contributed by atoms with Gasteiger partial charge >= 0.3 is 0 Å². The van der Waals surface area contributed by atoms with Gasteiger partial charge in [-0.05, 0) is 25.0 Å². The highest BCUT2D eigenvalue weighted by Gasteiger charge is 2.35. The van der Waals surface area contributed by atoms with E-state index in [9.17, 15) is 14.4 Å². The Bertz CT molecular complexity index is 586. The summed E-state index contributed by atoms with van der Waals surface area (Å²) in [5, 5.41) is 0. The number of methoxy groups -OCH3 is 1. The van der Waals surface area contributed by atoms with Crippen LogP contribution in [0.25, 0.3) is 0 Å². The van der Waals surface area contributed by atoms with Gasteiger partial charge in [0, 0.05) is 19.0 Å². The molecule has 0 atom stereocenters. The number of ether oxygens (including phenoxy) is 1. The number of rotatable bonds is 6. The molecule has 2 amide bonds. The maximum absolute atomic E-state index is 12.0. The van der Waals surface area contributed by atoms with Crippen LogP contribution in [0, 0.1) is 0 Å². The number of nitrogens with two attached hydrogens (primary N) is 1. The lowest BCUT2D eigenvalue weighted by Crippen LogP contribution is -2.32. The molecule has 0 saturated heterocycles. The Hall–Kier alpha value is -2.41. The van der Waals surface area contributed by atoms with Crippen molar-refractivity contribution >= 4 is 23.3 Å². The number of Topliss-reactive ketones (excluding diaryl/α,β-unsaturated/α-hetero) is 1. The highest BCUT2D eigenvalue weighted by atomic mass is 16.5. The van der Waals surface area contributed by atoms with E-state index in [0.717, 1.165) is 0 Å². The zero-order valence-electron chi connectivity index (χ0n) is 11.7. The number of carbonyl (C=O) groups excluding carboxylic acids is 3. The van der Waals surface area contributed by atoms with E-state index in [-0.39, 0.29) is 12.3 Å². The van der Waals surface area contributed by atoms with Crippen molar-refractivity contribution in [1.29, 1.82) is 0 Å². The number of benzene rings is 1. The van der Waals surface area contributed by atoms with E-state index in [1.165, 1.54) is 12.0 Å². The number of fused-ring (bicyclic) bond motifs is 1. The van der Waals surface area contributed by atoms with Crippen LogP contribution in [0.1, 0.15) is 29.6 Å². The first-order valence-electron chi connectivity index (χ1n) is 6.62.